The Bertz CT molecular complexity index is 583. The highest BCUT2D eigenvalue weighted by atomic mass is 16.5. The van der Waals surface area contributed by atoms with E-state index in [-0.39, 0.29) is 19.6 Å². The van der Waals surface area contributed by atoms with Crippen molar-refractivity contribution in [2.75, 3.05) is 18.5 Å². The van der Waals surface area contributed by atoms with E-state index >= 15 is 0 Å². The number of rotatable bonds is 5. The number of para-hydroxylation sites is 1. The van der Waals surface area contributed by atoms with Crippen LogP contribution < -0.4 is 5.32 Å². The van der Waals surface area contributed by atoms with Gasteiger partial charge in [-0.1, -0.05) is 18.2 Å². The van der Waals surface area contributed by atoms with Crippen LogP contribution in [-0.2, 0) is 29.3 Å². The third-order valence-corrected chi connectivity index (χ3v) is 3.36. The molecular formula is C15H17NO5. The third kappa shape index (κ3) is 2.49. The first-order valence-corrected chi connectivity index (χ1v) is 6.80. The molecule has 0 spiro atoms. The van der Waals surface area contributed by atoms with Crippen LogP contribution in [0, 0.1) is 0 Å². The van der Waals surface area contributed by atoms with Crippen LogP contribution in [0.2, 0.25) is 0 Å². The highest BCUT2D eigenvalue weighted by Gasteiger charge is 2.55. The van der Waals surface area contributed by atoms with Crippen LogP contribution in [0.4, 0.5) is 5.69 Å². The van der Waals surface area contributed by atoms with E-state index in [0.29, 0.717) is 11.3 Å². The van der Waals surface area contributed by atoms with Gasteiger partial charge in [-0.05, 0) is 19.9 Å². The molecule has 0 fully saturated rings. The number of nitrogens with one attached hydrogen (secondary N) is 1. The number of ether oxygens (including phenoxy) is 2. The molecule has 6 heteroatoms. The number of hydrogen-bond acceptors (Lipinski definition) is 5. The second-order valence-corrected chi connectivity index (χ2v) is 4.61. The van der Waals surface area contributed by atoms with Crippen molar-refractivity contribution in [3.63, 3.8) is 0 Å². The highest BCUT2D eigenvalue weighted by molar-refractivity contribution is 6.20. The molecule has 0 saturated heterocycles. The molecule has 0 bridgehead atoms. The smallest absolute Gasteiger partial charge is 0.326 e. The first-order chi connectivity index (χ1) is 10.1. The van der Waals surface area contributed by atoms with Gasteiger partial charge in [-0.2, -0.15) is 0 Å². The quantitative estimate of drug-likeness (QED) is 0.655. The molecule has 0 radical (unpaired) electrons. The summed E-state index contributed by atoms with van der Waals surface area (Å²) in [4.78, 5) is 36.6. The Morgan fingerprint density at radius 2 is 1.81 bits per heavy atom. The Morgan fingerprint density at radius 3 is 2.48 bits per heavy atom. The van der Waals surface area contributed by atoms with Crippen molar-refractivity contribution in [1.82, 2.24) is 0 Å². The predicted molar refractivity (Wildman–Crippen MR) is 74.6 cm³/mol. The van der Waals surface area contributed by atoms with E-state index in [4.69, 9.17) is 9.47 Å². The summed E-state index contributed by atoms with van der Waals surface area (Å²) in [5.74, 6) is -1.91. The zero-order valence-corrected chi connectivity index (χ0v) is 12.0. The molecule has 1 aromatic rings. The largest absolute Gasteiger partial charge is 0.466 e. The van der Waals surface area contributed by atoms with E-state index < -0.39 is 23.3 Å². The zero-order valence-electron chi connectivity index (χ0n) is 12.0. The summed E-state index contributed by atoms with van der Waals surface area (Å²) < 4.78 is 9.92. The van der Waals surface area contributed by atoms with Gasteiger partial charge in [-0.25, -0.2) is 0 Å². The van der Waals surface area contributed by atoms with Crippen LogP contribution in [0.3, 0.4) is 0 Å². The van der Waals surface area contributed by atoms with Crippen LogP contribution >= 0.6 is 0 Å². The van der Waals surface area contributed by atoms with Crippen LogP contribution in [0.15, 0.2) is 24.3 Å². The summed E-state index contributed by atoms with van der Waals surface area (Å²) in [6.07, 6.45) is -0.373. The lowest BCUT2D eigenvalue weighted by molar-refractivity contribution is -0.159. The molecule has 1 aliphatic rings. The fourth-order valence-electron chi connectivity index (χ4n) is 2.45. The molecule has 0 aromatic heterocycles. The molecule has 0 aliphatic carbocycles. The first kappa shape index (κ1) is 15.0. The molecule has 112 valence electrons. The number of carbonyl (C=O) groups is 3. The van der Waals surface area contributed by atoms with Gasteiger partial charge in [-0.3, -0.25) is 14.4 Å². The Labute approximate surface area is 122 Å². The number of amides is 1. The summed E-state index contributed by atoms with van der Waals surface area (Å²) in [5.41, 5.74) is -0.708. The van der Waals surface area contributed by atoms with Crippen LogP contribution in [0.25, 0.3) is 0 Å². The third-order valence-electron chi connectivity index (χ3n) is 3.36. The standard InChI is InChI=1S/C15H17NO5/c1-3-20-12(17)9-15(14(19)21-4-2)10-7-5-6-8-11(10)16-13(15)18/h5-8H,3-4,9H2,1-2H3,(H,16,18). The van der Waals surface area contributed by atoms with E-state index in [1.54, 1.807) is 38.1 Å². The number of esters is 2. The van der Waals surface area contributed by atoms with Crippen molar-refractivity contribution in [2.24, 2.45) is 0 Å². The summed E-state index contributed by atoms with van der Waals surface area (Å²) in [7, 11) is 0. The number of anilines is 1. The van der Waals surface area contributed by atoms with Gasteiger partial charge in [0.15, 0.2) is 5.41 Å². The predicted octanol–water partition coefficient (Wildman–Crippen LogP) is 1.39. The van der Waals surface area contributed by atoms with Gasteiger partial charge in [0.1, 0.15) is 0 Å². The van der Waals surface area contributed by atoms with Crippen molar-refractivity contribution in [1.29, 1.82) is 0 Å². The van der Waals surface area contributed by atoms with Crippen LogP contribution in [0.5, 0.6) is 0 Å². The lowest BCUT2D eigenvalue weighted by Gasteiger charge is -2.24. The van der Waals surface area contributed by atoms with Crippen molar-refractivity contribution in [3.8, 4) is 0 Å². The van der Waals surface area contributed by atoms with Crippen molar-refractivity contribution >= 4 is 23.5 Å². The fraction of sp³-hybridized carbons (Fsp3) is 0.400. The monoisotopic (exact) mass is 291 g/mol. The minimum Gasteiger partial charge on any atom is -0.466 e. The Balaban J connectivity index is 2.48. The maximum absolute atomic E-state index is 12.4. The second kappa shape index (κ2) is 5.95. The molecular weight excluding hydrogens is 274 g/mol. The van der Waals surface area contributed by atoms with Crippen LogP contribution in [-0.4, -0.2) is 31.1 Å². The first-order valence-electron chi connectivity index (χ1n) is 6.80. The minimum absolute atomic E-state index is 0.124. The molecule has 1 unspecified atom stereocenters. The summed E-state index contributed by atoms with van der Waals surface area (Å²) in [6.45, 7) is 3.62. The van der Waals surface area contributed by atoms with Crippen LogP contribution in [0.1, 0.15) is 25.8 Å². The van der Waals surface area contributed by atoms with Gasteiger partial charge in [0.2, 0.25) is 5.91 Å². The molecule has 1 aliphatic heterocycles. The second-order valence-electron chi connectivity index (χ2n) is 4.61. The average Bonchev–Trinajstić information content (AvgIpc) is 2.73. The summed E-state index contributed by atoms with van der Waals surface area (Å²) in [6, 6.07) is 6.77. The number of carbonyl (C=O) groups excluding carboxylic acids is 3. The Hall–Kier alpha value is -2.37. The molecule has 21 heavy (non-hydrogen) atoms. The summed E-state index contributed by atoms with van der Waals surface area (Å²) in [5, 5.41) is 2.63. The SMILES string of the molecule is CCOC(=O)CC1(C(=O)OCC)C(=O)Nc2ccccc21. The maximum atomic E-state index is 12.4. The highest BCUT2D eigenvalue weighted by Crippen LogP contribution is 2.41. The van der Waals surface area contributed by atoms with E-state index in [9.17, 15) is 14.4 Å². The normalized spacial score (nSPS) is 19.6. The van der Waals surface area contributed by atoms with Gasteiger partial charge in [0.05, 0.1) is 19.6 Å². The van der Waals surface area contributed by atoms with Crippen molar-refractivity contribution in [2.45, 2.75) is 25.7 Å². The molecule has 0 saturated carbocycles. The van der Waals surface area contributed by atoms with Crippen molar-refractivity contribution in [3.05, 3.63) is 29.8 Å². The van der Waals surface area contributed by atoms with E-state index in [2.05, 4.69) is 5.32 Å². The van der Waals surface area contributed by atoms with Gasteiger partial charge < -0.3 is 14.8 Å². The van der Waals surface area contributed by atoms with Gasteiger partial charge in [-0.15, -0.1) is 0 Å². The number of hydrogen-bond donors (Lipinski definition) is 1. The van der Waals surface area contributed by atoms with Crippen molar-refractivity contribution < 1.29 is 23.9 Å². The summed E-state index contributed by atoms with van der Waals surface area (Å²) >= 11 is 0. The van der Waals surface area contributed by atoms with Gasteiger partial charge in [0, 0.05) is 11.3 Å². The molecule has 2 rings (SSSR count). The molecule has 1 atom stereocenters. The Morgan fingerprint density at radius 1 is 1.14 bits per heavy atom. The van der Waals surface area contributed by atoms with E-state index in [1.165, 1.54) is 0 Å². The Kier molecular flexibility index (Phi) is 4.26. The minimum atomic E-state index is -1.67. The lowest BCUT2D eigenvalue weighted by Crippen LogP contribution is -2.45. The molecule has 1 heterocycles. The van der Waals surface area contributed by atoms with E-state index in [0.717, 1.165) is 0 Å². The number of fused-ring (bicyclic) bond motifs is 1. The van der Waals surface area contributed by atoms with Gasteiger partial charge in [0.25, 0.3) is 0 Å². The fourth-order valence-corrected chi connectivity index (χ4v) is 2.45. The van der Waals surface area contributed by atoms with Gasteiger partial charge >= 0.3 is 11.9 Å². The molecule has 1 N–H and O–H groups in total. The maximum Gasteiger partial charge on any atom is 0.326 e. The number of benzene rings is 1. The molecule has 6 nitrogen and oxygen atoms in total. The topological polar surface area (TPSA) is 81.7 Å². The molecule has 1 amide bonds. The average molecular weight is 291 g/mol. The van der Waals surface area contributed by atoms with E-state index in [1.807, 2.05) is 0 Å². The zero-order chi connectivity index (χ0) is 15.5. The lowest BCUT2D eigenvalue weighted by atomic mass is 9.78. The molecule has 1 aromatic carbocycles.